The molecular weight excluding hydrogens is 254 g/mol. The van der Waals surface area contributed by atoms with Crippen LogP contribution in [0.3, 0.4) is 0 Å². The summed E-state index contributed by atoms with van der Waals surface area (Å²) in [6.07, 6.45) is -0.275. The number of aliphatic hydroxyl groups excluding tert-OH is 1. The standard InChI is InChI=1S/C12H15NO6/c1-8(2)19-12(15)7-18-11-4-3-9(6-14)5-10(11)13(16)17/h3-5,8,14H,6-7H2,1-2H3. The van der Waals surface area contributed by atoms with Crippen molar-refractivity contribution in [1.82, 2.24) is 0 Å². The molecule has 0 saturated carbocycles. The highest BCUT2D eigenvalue weighted by molar-refractivity contribution is 5.71. The second-order valence-corrected chi connectivity index (χ2v) is 4.04. The molecule has 0 atom stereocenters. The molecule has 0 aliphatic heterocycles. The average Bonchev–Trinajstić information content (AvgIpc) is 2.35. The van der Waals surface area contributed by atoms with E-state index in [1.54, 1.807) is 13.8 Å². The highest BCUT2D eigenvalue weighted by Crippen LogP contribution is 2.27. The summed E-state index contributed by atoms with van der Waals surface area (Å²) in [6.45, 7) is 2.67. The van der Waals surface area contributed by atoms with E-state index in [2.05, 4.69) is 0 Å². The normalized spacial score (nSPS) is 10.3. The summed E-state index contributed by atoms with van der Waals surface area (Å²) in [5, 5.41) is 19.8. The number of rotatable bonds is 6. The predicted octanol–water partition coefficient (Wildman–Crippen LogP) is 1.42. The summed E-state index contributed by atoms with van der Waals surface area (Å²) in [5.41, 5.74) is 0.0905. The van der Waals surface area contributed by atoms with Crippen LogP contribution in [-0.2, 0) is 16.1 Å². The molecule has 104 valence electrons. The van der Waals surface area contributed by atoms with Gasteiger partial charge in [-0.1, -0.05) is 6.07 Å². The third-order valence-electron chi connectivity index (χ3n) is 2.12. The number of benzene rings is 1. The van der Waals surface area contributed by atoms with Crippen LogP contribution in [0.2, 0.25) is 0 Å². The maximum absolute atomic E-state index is 11.3. The second-order valence-electron chi connectivity index (χ2n) is 4.04. The lowest BCUT2D eigenvalue weighted by molar-refractivity contribution is -0.385. The monoisotopic (exact) mass is 269 g/mol. The number of nitro groups is 1. The van der Waals surface area contributed by atoms with Crippen LogP contribution in [0.4, 0.5) is 5.69 Å². The maximum Gasteiger partial charge on any atom is 0.344 e. The highest BCUT2D eigenvalue weighted by atomic mass is 16.6. The number of carbonyl (C=O) groups is 1. The first kappa shape index (κ1) is 14.9. The van der Waals surface area contributed by atoms with Gasteiger partial charge in [-0.2, -0.15) is 0 Å². The Labute approximate surface area is 109 Å². The topological polar surface area (TPSA) is 98.9 Å². The van der Waals surface area contributed by atoms with E-state index in [0.29, 0.717) is 5.56 Å². The molecule has 0 radical (unpaired) electrons. The number of aliphatic hydroxyl groups is 1. The van der Waals surface area contributed by atoms with Crippen LogP contribution in [0.15, 0.2) is 18.2 Å². The van der Waals surface area contributed by atoms with E-state index in [9.17, 15) is 14.9 Å². The van der Waals surface area contributed by atoms with E-state index >= 15 is 0 Å². The molecule has 0 aromatic heterocycles. The molecule has 0 heterocycles. The van der Waals surface area contributed by atoms with Crippen molar-refractivity contribution in [2.24, 2.45) is 0 Å². The number of nitrogens with zero attached hydrogens (tertiary/aromatic N) is 1. The minimum atomic E-state index is -0.637. The molecule has 0 aliphatic rings. The number of esters is 1. The summed E-state index contributed by atoms with van der Waals surface area (Å²) < 4.78 is 9.91. The third-order valence-corrected chi connectivity index (χ3v) is 2.12. The lowest BCUT2D eigenvalue weighted by Crippen LogP contribution is -2.19. The number of carbonyl (C=O) groups excluding carboxylic acids is 1. The minimum Gasteiger partial charge on any atom is -0.475 e. The first-order valence-electron chi connectivity index (χ1n) is 5.64. The van der Waals surface area contributed by atoms with Crippen molar-refractivity contribution in [3.63, 3.8) is 0 Å². The van der Waals surface area contributed by atoms with Gasteiger partial charge in [-0.3, -0.25) is 10.1 Å². The largest absolute Gasteiger partial charge is 0.475 e. The Kier molecular flexibility index (Phi) is 5.25. The molecule has 0 saturated heterocycles. The maximum atomic E-state index is 11.3. The van der Waals surface area contributed by atoms with Gasteiger partial charge in [-0.25, -0.2) is 4.79 Å². The summed E-state index contributed by atoms with van der Waals surface area (Å²) in [5.74, 6) is -0.640. The summed E-state index contributed by atoms with van der Waals surface area (Å²) in [6, 6.07) is 4.02. The zero-order chi connectivity index (χ0) is 14.4. The molecule has 0 unspecified atom stereocenters. The van der Waals surface area contributed by atoms with Crippen molar-refractivity contribution in [3.8, 4) is 5.75 Å². The smallest absolute Gasteiger partial charge is 0.344 e. The Bertz CT molecular complexity index is 471. The first-order valence-corrected chi connectivity index (χ1v) is 5.64. The Morgan fingerprint density at radius 3 is 2.68 bits per heavy atom. The van der Waals surface area contributed by atoms with Crippen molar-refractivity contribution < 1.29 is 24.3 Å². The molecule has 7 nitrogen and oxygen atoms in total. The van der Waals surface area contributed by atoms with Crippen LogP contribution in [0.25, 0.3) is 0 Å². The Hall–Kier alpha value is -2.15. The van der Waals surface area contributed by atoms with Crippen molar-refractivity contribution in [2.75, 3.05) is 6.61 Å². The zero-order valence-corrected chi connectivity index (χ0v) is 10.7. The van der Waals surface area contributed by atoms with Gasteiger partial charge in [0.1, 0.15) is 0 Å². The van der Waals surface area contributed by atoms with Crippen LogP contribution in [-0.4, -0.2) is 28.7 Å². The van der Waals surface area contributed by atoms with E-state index in [4.69, 9.17) is 14.6 Å². The fourth-order valence-corrected chi connectivity index (χ4v) is 1.36. The number of nitro benzene ring substituents is 1. The van der Waals surface area contributed by atoms with E-state index < -0.39 is 17.5 Å². The number of hydrogen-bond acceptors (Lipinski definition) is 6. The highest BCUT2D eigenvalue weighted by Gasteiger charge is 2.17. The van der Waals surface area contributed by atoms with Crippen molar-refractivity contribution in [2.45, 2.75) is 26.6 Å². The van der Waals surface area contributed by atoms with Gasteiger partial charge in [0.15, 0.2) is 12.4 Å². The SMILES string of the molecule is CC(C)OC(=O)COc1ccc(CO)cc1[N+](=O)[O-]. The Morgan fingerprint density at radius 2 is 2.16 bits per heavy atom. The van der Waals surface area contributed by atoms with E-state index in [-0.39, 0.29) is 24.1 Å². The quantitative estimate of drug-likeness (QED) is 0.476. The zero-order valence-electron chi connectivity index (χ0n) is 10.7. The van der Waals surface area contributed by atoms with Crippen LogP contribution in [0.5, 0.6) is 5.75 Å². The lowest BCUT2D eigenvalue weighted by atomic mass is 10.2. The lowest BCUT2D eigenvalue weighted by Gasteiger charge is -2.09. The van der Waals surface area contributed by atoms with Crippen LogP contribution < -0.4 is 4.74 Å². The van der Waals surface area contributed by atoms with Gasteiger partial charge in [0.25, 0.3) is 0 Å². The Balaban J connectivity index is 2.77. The molecule has 0 aliphatic carbocycles. The predicted molar refractivity (Wildman–Crippen MR) is 65.7 cm³/mol. The third kappa shape index (κ3) is 4.55. The first-order chi connectivity index (χ1) is 8.93. The van der Waals surface area contributed by atoms with E-state index in [1.807, 2.05) is 0 Å². The fraction of sp³-hybridized carbons (Fsp3) is 0.417. The molecule has 0 spiro atoms. The van der Waals surface area contributed by atoms with Gasteiger partial charge in [-0.05, 0) is 25.5 Å². The van der Waals surface area contributed by atoms with Gasteiger partial charge < -0.3 is 14.6 Å². The summed E-state index contributed by atoms with van der Waals surface area (Å²) in [4.78, 5) is 21.5. The number of hydrogen-bond donors (Lipinski definition) is 1. The van der Waals surface area contributed by atoms with Gasteiger partial charge in [0.2, 0.25) is 0 Å². The van der Waals surface area contributed by atoms with Crippen molar-refractivity contribution >= 4 is 11.7 Å². The molecule has 0 fully saturated rings. The molecular formula is C12H15NO6. The van der Waals surface area contributed by atoms with Crippen molar-refractivity contribution in [1.29, 1.82) is 0 Å². The van der Waals surface area contributed by atoms with Gasteiger partial charge >= 0.3 is 11.7 Å². The molecule has 1 aromatic rings. The number of ether oxygens (including phenoxy) is 2. The van der Waals surface area contributed by atoms with Gasteiger partial charge in [0, 0.05) is 6.07 Å². The van der Waals surface area contributed by atoms with Crippen molar-refractivity contribution in [3.05, 3.63) is 33.9 Å². The van der Waals surface area contributed by atoms with Gasteiger partial charge in [-0.15, -0.1) is 0 Å². The molecule has 1 aromatic carbocycles. The van der Waals surface area contributed by atoms with E-state index in [0.717, 1.165) is 0 Å². The molecule has 1 N–H and O–H groups in total. The fourth-order valence-electron chi connectivity index (χ4n) is 1.36. The molecule has 0 amide bonds. The summed E-state index contributed by atoms with van der Waals surface area (Å²) in [7, 11) is 0. The second kappa shape index (κ2) is 6.69. The van der Waals surface area contributed by atoms with Crippen LogP contribution >= 0.6 is 0 Å². The van der Waals surface area contributed by atoms with E-state index in [1.165, 1.54) is 18.2 Å². The molecule has 19 heavy (non-hydrogen) atoms. The molecule has 7 heteroatoms. The van der Waals surface area contributed by atoms with Gasteiger partial charge in [0.05, 0.1) is 17.6 Å². The molecule has 0 bridgehead atoms. The Morgan fingerprint density at radius 1 is 1.47 bits per heavy atom. The molecule has 1 rings (SSSR count). The van der Waals surface area contributed by atoms with Crippen LogP contribution in [0.1, 0.15) is 19.4 Å². The van der Waals surface area contributed by atoms with Crippen LogP contribution in [0, 0.1) is 10.1 Å². The average molecular weight is 269 g/mol. The minimum absolute atomic E-state index is 0.0390. The summed E-state index contributed by atoms with van der Waals surface area (Å²) >= 11 is 0.